The highest BCUT2D eigenvalue weighted by atomic mass is 32.1. The van der Waals surface area contributed by atoms with Crippen LogP contribution in [0.15, 0.2) is 33.5 Å². The van der Waals surface area contributed by atoms with Crippen molar-refractivity contribution in [3.63, 3.8) is 0 Å². The normalized spacial score (nSPS) is 10.6. The third kappa shape index (κ3) is 3.50. The molecule has 1 aromatic heterocycles. The predicted octanol–water partition coefficient (Wildman–Crippen LogP) is 2.29. The molecule has 0 aliphatic rings. The summed E-state index contributed by atoms with van der Waals surface area (Å²) in [6.45, 7) is 1.99. The van der Waals surface area contributed by atoms with Crippen molar-refractivity contribution in [2.24, 2.45) is 4.99 Å². The lowest BCUT2D eigenvalue weighted by Gasteiger charge is -1.99. The van der Waals surface area contributed by atoms with Crippen LogP contribution in [0.25, 0.3) is 6.08 Å². The van der Waals surface area contributed by atoms with Crippen LogP contribution in [0.4, 0.5) is 0 Å². The highest BCUT2D eigenvalue weighted by Crippen LogP contribution is 2.09. The van der Waals surface area contributed by atoms with Crippen LogP contribution in [0.1, 0.15) is 12.7 Å². The van der Waals surface area contributed by atoms with Gasteiger partial charge in [0.05, 0.1) is 18.0 Å². The minimum Gasteiger partial charge on any atom is -0.465 e. The molecule has 0 unspecified atom stereocenters. The molecule has 4 nitrogen and oxygen atoms in total. The molecule has 0 radical (unpaired) electrons. The lowest BCUT2D eigenvalue weighted by Crippen LogP contribution is -2.05. The number of esters is 1. The molecule has 78 valence electrons. The fraction of sp³-hybridized carbons (Fsp3) is 0.200. The highest BCUT2D eigenvalue weighted by molar-refractivity contribution is 7.78. The van der Waals surface area contributed by atoms with Crippen LogP contribution >= 0.6 is 12.2 Å². The Bertz CT molecular complexity index is 402. The fourth-order valence-electron chi connectivity index (χ4n) is 0.899. The van der Waals surface area contributed by atoms with Crippen LogP contribution in [-0.4, -0.2) is 17.7 Å². The van der Waals surface area contributed by atoms with Gasteiger partial charge in [-0.15, -0.1) is 0 Å². The Labute approximate surface area is 92.3 Å². The first-order valence-electron chi connectivity index (χ1n) is 4.28. The standard InChI is InChI=1S/C10H9NO3S/c1-2-13-10(12)9(11-7-15)6-8-4-3-5-14-8/h3-6H,2H2,1H3/b9-6-. The number of hydrogen-bond acceptors (Lipinski definition) is 5. The average molecular weight is 223 g/mol. The number of thiocarbonyl (C=S) groups is 1. The van der Waals surface area contributed by atoms with Gasteiger partial charge in [-0.3, -0.25) is 0 Å². The number of isothiocyanates is 1. The number of carbonyl (C=O) groups excluding carboxylic acids is 1. The zero-order valence-electron chi connectivity index (χ0n) is 8.10. The van der Waals surface area contributed by atoms with Crippen LogP contribution in [0.3, 0.4) is 0 Å². The van der Waals surface area contributed by atoms with Crippen molar-refractivity contribution >= 4 is 29.4 Å². The third-order valence-corrected chi connectivity index (χ3v) is 1.56. The molecule has 1 aromatic rings. The van der Waals surface area contributed by atoms with Crippen molar-refractivity contribution in [1.82, 2.24) is 0 Å². The number of nitrogens with zero attached hydrogens (tertiary/aromatic N) is 1. The summed E-state index contributed by atoms with van der Waals surface area (Å²) in [5, 5.41) is 2.12. The zero-order valence-corrected chi connectivity index (χ0v) is 8.91. The Morgan fingerprint density at radius 3 is 3.13 bits per heavy atom. The molecular formula is C10H9NO3S. The molecule has 0 bridgehead atoms. The molecule has 15 heavy (non-hydrogen) atoms. The van der Waals surface area contributed by atoms with E-state index in [1.807, 2.05) is 0 Å². The molecule has 1 rings (SSSR count). The Balaban J connectivity index is 2.92. The van der Waals surface area contributed by atoms with Gasteiger partial charge in [0, 0.05) is 6.08 Å². The van der Waals surface area contributed by atoms with Gasteiger partial charge in [-0.05, 0) is 31.3 Å². The molecule has 0 atom stereocenters. The molecule has 0 spiro atoms. The van der Waals surface area contributed by atoms with E-state index in [1.54, 1.807) is 19.1 Å². The van der Waals surface area contributed by atoms with Crippen molar-refractivity contribution in [3.05, 3.63) is 29.9 Å². The maximum Gasteiger partial charge on any atom is 0.357 e. The van der Waals surface area contributed by atoms with Crippen LogP contribution in [0.5, 0.6) is 0 Å². The van der Waals surface area contributed by atoms with Gasteiger partial charge in [0.2, 0.25) is 0 Å². The molecule has 5 heteroatoms. The third-order valence-electron chi connectivity index (χ3n) is 1.47. The summed E-state index contributed by atoms with van der Waals surface area (Å²) in [7, 11) is 0. The molecule has 0 aliphatic carbocycles. The lowest BCUT2D eigenvalue weighted by atomic mass is 10.3. The molecule has 1 heterocycles. The van der Waals surface area contributed by atoms with Crippen molar-refractivity contribution in [3.8, 4) is 0 Å². The van der Waals surface area contributed by atoms with Gasteiger partial charge in [-0.25, -0.2) is 4.79 Å². The Hall–Kier alpha value is -1.71. The molecule has 0 saturated heterocycles. The van der Waals surface area contributed by atoms with E-state index in [0.717, 1.165) is 0 Å². The number of ether oxygens (including phenoxy) is 1. The van der Waals surface area contributed by atoms with E-state index in [1.165, 1.54) is 12.3 Å². The molecule has 0 saturated carbocycles. The van der Waals surface area contributed by atoms with E-state index in [0.29, 0.717) is 5.76 Å². The molecule has 0 N–H and O–H groups in total. The Morgan fingerprint density at radius 1 is 1.80 bits per heavy atom. The smallest absolute Gasteiger partial charge is 0.357 e. The summed E-state index contributed by atoms with van der Waals surface area (Å²) in [5.74, 6) is -0.0432. The van der Waals surface area contributed by atoms with Crippen LogP contribution in [0, 0.1) is 0 Å². The summed E-state index contributed by atoms with van der Waals surface area (Å²) in [5.41, 5.74) is 0.0711. The Morgan fingerprint density at radius 2 is 2.60 bits per heavy atom. The topological polar surface area (TPSA) is 51.8 Å². The van der Waals surface area contributed by atoms with E-state index in [4.69, 9.17) is 9.15 Å². The number of aliphatic imine (C=N–C) groups is 1. The van der Waals surface area contributed by atoms with Crippen molar-refractivity contribution in [1.29, 1.82) is 0 Å². The highest BCUT2D eigenvalue weighted by Gasteiger charge is 2.09. The first-order valence-corrected chi connectivity index (χ1v) is 4.69. The Kier molecular flexibility index (Phi) is 4.47. The van der Waals surface area contributed by atoms with Gasteiger partial charge < -0.3 is 9.15 Å². The molecule has 0 amide bonds. The van der Waals surface area contributed by atoms with Gasteiger partial charge in [-0.2, -0.15) is 4.99 Å². The lowest BCUT2D eigenvalue weighted by molar-refractivity contribution is -0.138. The maximum absolute atomic E-state index is 11.3. The average Bonchev–Trinajstić information content (AvgIpc) is 2.70. The van der Waals surface area contributed by atoms with Crippen LogP contribution < -0.4 is 0 Å². The summed E-state index contributed by atoms with van der Waals surface area (Å²) in [4.78, 5) is 15.0. The number of hydrogen-bond donors (Lipinski definition) is 0. The van der Waals surface area contributed by atoms with Crippen molar-refractivity contribution < 1.29 is 13.9 Å². The summed E-state index contributed by atoms with van der Waals surface area (Å²) >= 11 is 4.43. The van der Waals surface area contributed by atoms with Crippen molar-refractivity contribution in [2.75, 3.05) is 6.61 Å². The summed E-state index contributed by atoms with van der Waals surface area (Å²) in [6, 6.07) is 3.40. The van der Waals surface area contributed by atoms with E-state index in [-0.39, 0.29) is 12.3 Å². The quantitative estimate of drug-likeness (QED) is 0.340. The van der Waals surface area contributed by atoms with Crippen LogP contribution in [0.2, 0.25) is 0 Å². The van der Waals surface area contributed by atoms with Gasteiger partial charge in [0.15, 0.2) is 5.70 Å². The minimum atomic E-state index is -0.550. The van der Waals surface area contributed by atoms with E-state index in [9.17, 15) is 4.79 Å². The predicted molar refractivity (Wildman–Crippen MR) is 58.3 cm³/mol. The number of furan rings is 1. The fourth-order valence-corrected chi connectivity index (χ4v) is 0.998. The second kappa shape index (κ2) is 5.90. The van der Waals surface area contributed by atoms with Crippen LogP contribution in [-0.2, 0) is 9.53 Å². The molecular weight excluding hydrogens is 214 g/mol. The van der Waals surface area contributed by atoms with E-state index in [2.05, 4.69) is 22.4 Å². The van der Waals surface area contributed by atoms with Gasteiger partial charge in [-0.1, -0.05) is 0 Å². The van der Waals surface area contributed by atoms with Gasteiger partial charge in [0.25, 0.3) is 0 Å². The second-order valence-corrected chi connectivity index (χ2v) is 2.65. The summed E-state index contributed by atoms with van der Waals surface area (Å²) in [6.07, 6.45) is 2.94. The van der Waals surface area contributed by atoms with Gasteiger partial charge in [0.1, 0.15) is 5.76 Å². The number of rotatable bonds is 4. The minimum absolute atomic E-state index is 0.0711. The monoisotopic (exact) mass is 223 g/mol. The first kappa shape index (κ1) is 11.4. The van der Waals surface area contributed by atoms with Crippen molar-refractivity contribution in [2.45, 2.75) is 6.92 Å². The van der Waals surface area contributed by atoms with E-state index < -0.39 is 5.97 Å². The van der Waals surface area contributed by atoms with Gasteiger partial charge >= 0.3 is 5.97 Å². The number of carbonyl (C=O) groups is 1. The zero-order chi connectivity index (χ0) is 11.1. The maximum atomic E-state index is 11.3. The van der Waals surface area contributed by atoms with E-state index >= 15 is 0 Å². The summed E-state index contributed by atoms with van der Waals surface area (Å²) < 4.78 is 9.81. The largest absolute Gasteiger partial charge is 0.465 e. The molecule has 0 fully saturated rings. The SMILES string of the molecule is CCOC(=O)/C(=C/c1ccco1)N=C=S. The molecule has 0 aliphatic heterocycles. The first-order chi connectivity index (χ1) is 7.27. The second-order valence-electron chi connectivity index (χ2n) is 2.47. The molecule has 0 aromatic carbocycles.